The fourth-order valence-electron chi connectivity index (χ4n) is 3.87. The van der Waals surface area contributed by atoms with Crippen molar-refractivity contribution in [2.45, 2.75) is 39.5 Å². The lowest BCUT2D eigenvalue weighted by molar-refractivity contribution is -0.119. The number of aromatic amines is 1. The van der Waals surface area contributed by atoms with Gasteiger partial charge in [-0.25, -0.2) is 9.37 Å². The van der Waals surface area contributed by atoms with Crippen molar-refractivity contribution in [2.75, 3.05) is 46.4 Å². The largest absolute Gasteiger partial charge is 0.381 e. The van der Waals surface area contributed by atoms with E-state index in [4.69, 9.17) is 10.1 Å². The summed E-state index contributed by atoms with van der Waals surface area (Å²) in [5.74, 6) is 1.20. The molecule has 202 valence electrons. The van der Waals surface area contributed by atoms with E-state index >= 15 is 0 Å². The molecule has 1 amide bonds. The van der Waals surface area contributed by atoms with Crippen molar-refractivity contribution in [3.05, 3.63) is 59.4 Å². The summed E-state index contributed by atoms with van der Waals surface area (Å²) in [4.78, 5) is 31.8. The topological polar surface area (TPSA) is 102 Å². The Hall–Kier alpha value is -3.17. The number of H-pyrrole nitrogens is 1. The number of carbonyl (C=O) groups excluding carboxylic acids is 2. The van der Waals surface area contributed by atoms with Crippen LogP contribution in [0.25, 0.3) is 5.57 Å². The van der Waals surface area contributed by atoms with E-state index in [-0.39, 0.29) is 11.5 Å². The standard InChI is InChI=1S/C15H14FN3O.C7H14O.C6H12N2O/c1-2-10(15-18-8-13(9-20)19-15)7-14(17)11-3-5-12(16)6-4-11;1-2-7-3-5-8-6-4-7;1-7-2-4-8(6-9)5-3-7/h3-9,17H,2H2,1H3,(H,18,19);7H,2-6H2,1H3;6H,2-5H2,1H3/b10-7-,17-14?;;. The molecule has 0 unspecified atom stereocenters. The molecule has 0 atom stereocenters. The molecule has 0 radical (unpaired) electrons. The number of nitrogens with one attached hydrogen (secondary N) is 2. The number of aldehydes is 1. The van der Waals surface area contributed by atoms with E-state index < -0.39 is 0 Å². The van der Waals surface area contributed by atoms with Gasteiger partial charge in [0.2, 0.25) is 6.41 Å². The molecule has 1 aromatic heterocycles. The summed E-state index contributed by atoms with van der Waals surface area (Å²) in [5.41, 5.74) is 2.10. The molecular weight excluding hydrogens is 473 g/mol. The van der Waals surface area contributed by atoms with Crippen LogP contribution < -0.4 is 0 Å². The second-order valence-corrected chi connectivity index (χ2v) is 9.16. The van der Waals surface area contributed by atoms with Gasteiger partial charge in [-0.3, -0.25) is 9.59 Å². The lowest BCUT2D eigenvalue weighted by atomic mass is 9.98. The van der Waals surface area contributed by atoms with Crippen LogP contribution in [0, 0.1) is 17.1 Å². The molecule has 2 fully saturated rings. The number of imidazole rings is 1. The Balaban J connectivity index is 0.000000232. The molecule has 37 heavy (non-hydrogen) atoms. The predicted molar refractivity (Wildman–Crippen MR) is 144 cm³/mol. The molecule has 2 N–H and O–H groups in total. The summed E-state index contributed by atoms with van der Waals surface area (Å²) in [6.07, 6.45) is 9.31. The van der Waals surface area contributed by atoms with Crippen molar-refractivity contribution in [3.8, 4) is 0 Å². The molecule has 0 saturated carbocycles. The lowest BCUT2D eigenvalue weighted by Gasteiger charge is -2.29. The van der Waals surface area contributed by atoms with E-state index in [2.05, 4.69) is 28.8 Å². The highest BCUT2D eigenvalue weighted by Gasteiger charge is 2.11. The van der Waals surface area contributed by atoms with E-state index in [9.17, 15) is 14.0 Å². The molecule has 2 aromatic rings. The normalized spacial score (nSPS) is 16.6. The fourth-order valence-corrected chi connectivity index (χ4v) is 3.87. The second kappa shape index (κ2) is 16.6. The lowest BCUT2D eigenvalue weighted by Crippen LogP contribution is -2.43. The Morgan fingerprint density at radius 2 is 1.78 bits per heavy atom. The summed E-state index contributed by atoms with van der Waals surface area (Å²) in [6.45, 7) is 10.00. The molecule has 2 aliphatic rings. The fraction of sp³-hybridized carbons (Fsp3) is 0.500. The van der Waals surface area contributed by atoms with Crippen molar-refractivity contribution < 1.29 is 18.7 Å². The highest BCUT2D eigenvalue weighted by Crippen LogP contribution is 2.17. The molecule has 2 aliphatic heterocycles. The maximum atomic E-state index is 12.9. The zero-order valence-corrected chi connectivity index (χ0v) is 22.2. The van der Waals surface area contributed by atoms with Crippen LogP contribution in [0.2, 0.25) is 0 Å². The van der Waals surface area contributed by atoms with Gasteiger partial charge < -0.3 is 24.9 Å². The van der Waals surface area contributed by atoms with Gasteiger partial charge in [0.25, 0.3) is 0 Å². The summed E-state index contributed by atoms with van der Waals surface area (Å²) >= 11 is 0. The predicted octanol–water partition coefficient (Wildman–Crippen LogP) is 4.44. The first kappa shape index (κ1) is 30.1. The number of aromatic nitrogens is 2. The molecule has 2 saturated heterocycles. The first-order valence-electron chi connectivity index (χ1n) is 12.9. The van der Waals surface area contributed by atoms with Gasteiger partial charge in [-0.2, -0.15) is 0 Å². The van der Waals surface area contributed by atoms with Gasteiger partial charge in [-0.05, 0) is 73.7 Å². The molecule has 0 bridgehead atoms. The first-order chi connectivity index (χ1) is 17.9. The van der Waals surface area contributed by atoms with E-state index in [1.165, 1.54) is 37.6 Å². The number of hydrogen-bond acceptors (Lipinski definition) is 6. The zero-order chi connectivity index (χ0) is 27.0. The van der Waals surface area contributed by atoms with Crippen LogP contribution in [-0.2, 0) is 9.53 Å². The zero-order valence-electron chi connectivity index (χ0n) is 22.2. The van der Waals surface area contributed by atoms with Gasteiger partial charge in [-0.1, -0.05) is 20.3 Å². The highest BCUT2D eigenvalue weighted by atomic mass is 19.1. The number of benzene rings is 1. The number of carbonyl (C=O) groups is 2. The van der Waals surface area contributed by atoms with Crippen LogP contribution in [0.5, 0.6) is 0 Å². The highest BCUT2D eigenvalue weighted by molar-refractivity contribution is 6.10. The van der Waals surface area contributed by atoms with Gasteiger partial charge in [0.05, 0.1) is 17.6 Å². The minimum atomic E-state index is -0.331. The maximum Gasteiger partial charge on any atom is 0.209 e. The Kier molecular flexibility index (Phi) is 13.4. The van der Waals surface area contributed by atoms with E-state index in [0.717, 1.165) is 57.3 Å². The van der Waals surface area contributed by atoms with E-state index in [1.807, 2.05) is 6.92 Å². The van der Waals surface area contributed by atoms with Gasteiger partial charge in [0, 0.05) is 39.4 Å². The average molecular weight is 514 g/mol. The van der Waals surface area contributed by atoms with Crippen LogP contribution >= 0.6 is 0 Å². The number of likely N-dealkylation sites (N-methyl/N-ethyl adjacent to an activating group) is 1. The van der Waals surface area contributed by atoms with Gasteiger partial charge in [-0.15, -0.1) is 0 Å². The third-order valence-corrected chi connectivity index (χ3v) is 6.49. The minimum Gasteiger partial charge on any atom is -0.381 e. The van der Waals surface area contributed by atoms with Crippen LogP contribution in [0.15, 0.2) is 36.5 Å². The quantitative estimate of drug-likeness (QED) is 0.421. The van der Waals surface area contributed by atoms with Crippen molar-refractivity contribution in [1.82, 2.24) is 19.8 Å². The molecular formula is C28H40FN5O3. The van der Waals surface area contributed by atoms with Crippen LogP contribution in [0.1, 0.15) is 61.4 Å². The number of allylic oxidation sites excluding steroid dienone is 2. The molecule has 1 aromatic carbocycles. The summed E-state index contributed by atoms with van der Waals surface area (Å²) < 4.78 is 18.1. The maximum absolute atomic E-state index is 12.9. The number of piperazine rings is 1. The van der Waals surface area contributed by atoms with Gasteiger partial charge >= 0.3 is 0 Å². The third kappa shape index (κ3) is 10.8. The second-order valence-electron chi connectivity index (χ2n) is 9.16. The molecule has 9 heteroatoms. The third-order valence-electron chi connectivity index (χ3n) is 6.49. The van der Waals surface area contributed by atoms with Crippen LogP contribution in [0.4, 0.5) is 4.39 Å². The molecule has 3 heterocycles. The van der Waals surface area contributed by atoms with Crippen LogP contribution in [-0.4, -0.2) is 84.6 Å². The van der Waals surface area contributed by atoms with Crippen molar-refractivity contribution in [1.29, 1.82) is 5.41 Å². The number of ether oxygens (including phenoxy) is 1. The van der Waals surface area contributed by atoms with E-state index in [0.29, 0.717) is 29.8 Å². The van der Waals surface area contributed by atoms with Crippen LogP contribution in [0.3, 0.4) is 0 Å². The molecule has 4 rings (SSSR count). The number of hydrogen-bond donors (Lipinski definition) is 2. The number of rotatable bonds is 7. The monoisotopic (exact) mass is 513 g/mol. The molecule has 0 spiro atoms. The number of halogens is 1. The first-order valence-corrected chi connectivity index (χ1v) is 12.9. The smallest absolute Gasteiger partial charge is 0.209 e. The van der Waals surface area contributed by atoms with Gasteiger partial charge in [0.15, 0.2) is 6.29 Å². The summed E-state index contributed by atoms with van der Waals surface area (Å²) in [6, 6.07) is 5.75. The number of nitrogens with zero attached hydrogens (tertiary/aromatic N) is 3. The van der Waals surface area contributed by atoms with Crippen molar-refractivity contribution >= 4 is 24.0 Å². The SMILES string of the molecule is CC/C(=C/C(=N)c1ccc(F)cc1)c1ncc(C=O)[nH]1.CCC1CCOCC1.CN1CCN(C=O)CC1. The Morgan fingerprint density at radius 3 is 2.27 bits per heavy atom. The van der Waals surface area contributed by atoms with E-state index in [1.54, 1.807) is 23.1 Å². The Morgan fingerprint density at radius 1 is 1.14 bits per heavy atom. The average Bonchev–Trinajstić information content (AvgIpc) is 3.43. The molecule has 0 aliphatic carbocycles. The Bertz CT molecular complexity index is 992. The van der Waals surface area contributed by atoms with Crippen molar-refractivity contribution in [2.24, 2.45) is 5.92 Å². The summed E-state index contributed by atoms with van der Waals surface area (Å²) in [7, 11) is 2.07. The summed E-state index contributed by atoms with van der Waals surface area (Å²) in [5, 5.41) is 8.02. The molecule has 8 nitrogen and oxygen atoms in total. The van der Waals surface area contributed by atoms with Crippen molar-refractivity contribution in [3.63, 3.8) is 0 Å². The Labute approximate surface area is 219 Å². The number of amides is 1. The minimum absolute atomic E-state index is 0.269. The van der Waals surface area contributed by atoms with Gasteiger partial charge in [0.1, 0.15) is 11.6 Å².